The molecule has 0 unspecified atom stereocenters. The number of hydrogen-bond acceptors (Lipinski definition) is 5. The first-order valence-electron chi connectivity index (χ1n) is 8.19. The van der Waals surface area contributed by atoms with Crippen LogP contribution in [0.5, 0.6) is 5.75 Å². The number of esters is 1. The van der Waals surface area contributed by atoms with Gasteiger partial charge in [-0.15, -0.1) is 0 Å². The second-order valence-corrected chi connectivity index (χ2v) is 5.63. The van der Waals surface area contributed by atoms with Gasteiger partial charge in [-0.05, 0) is 30.7 Å². The van der Waals surface area contributed by atoms with Crippen molar-refractivity contribution < 1.29 is 23.8 Å². The SMILES string of the molecule is C=CCOc1ccc(C=C2C(=O)N(CCOC)C(C)=C2C(=O)OC)cc1. The van der Waals surface area contributed by atoms with Crippen molar-refractivity contribution in [1.82, 2.24) is 4.90 Å². The van der Waals surface area contributed by atoms with E-state index in [1.165, 1.54) is 12.0 Å². The largest absolute Gasteiger partial charge is 0.490 e. The summed E-state index contributed by atoms with van der Waals surface area (Å²) in [7, 11) is 2.86. The highest BCUT2D eigenvalue weighted by Crippen LogP contribution is 2.31. The van der Waals surface area contributed by atoms with Crippen LogP contribution in [0.25, 0.3) is 6.08 Å². The van der Waals surface area contributed by atoms with Crippen LogP contribution < -0.4 is 4.74 Å². The quantitative estimate of drug-likeness (QED) is 0.406. The van der Waals surface area contributed by atoms with Crippen molar-refractivity contribution >= 4 is 18.0 Å². The summed E-state index contributed by atoms with van der Waals surface area (Å²) in [5.74, 6) is -0.0775. The Labute approximate surface area is 153 Å². The number of rotatable bonds is 8. The zero-order valence-electron chi connectivity index (χ0n) is 15.3. The summed E-state index contributed by atoms with van der Waals surface area (Å²) in [4.78, 5) is 26.5. The van der Waals surface area contributed by atoms with Crippen LogP contribution in [0, 0.1) is 0 Å². The molecule has 0 fully saturated rings. The van der Waals surface area contributed by atoms with Crippen molar-refractivity contribution in [3.05, 3.63) is 59.3 Å². The number of amides is 1. The van der Waals surface area contributed by atoms with E-state index in [4.69, 9.17) is 14.2 Å². The maximum atomic E-state index is 12.8. The van der Waals surface area contributed by atoms with Crippen LogP contribution in [-0.4, -0.2) is 50.8 Å². The summed E-state index contributed by atoms with van der Waals surface area (Å²) < 4.78 is 15.4. The highest BCUT2D eigenvalue weighted by molar-refractivity contribution is 6.16. The standard InChI is InChI=1S/C20H23NO5/c1-5-11-26-16-8-6-15(7-9-16)13-17-18(20(23)25-4)14(2)21(19(17)22)10-12-24-3/h5-9,13H,1,10-12H2,2-4H3. The van der Waals surface area contributed by atoms with Gasteiger partial charge in [-0.25, -0.2) is 4.79 Å². The Bertz CT molecular complexity index is 746. The minimum absolute atomic E-state index is 0.244. The molecule has 1 heterocycles. The van der Waals surface area contributed by atoms with E-state index in [0.29, 0.717) is 36.8 Å². The lowest BCUT2D eigenvalue weighted by Crippen LogP contribution is -2.28. The summed E-state index contributed by atoms with van der Waals surface area (Å²) in [5, 5.41) is 0. The van der Waals surface area contributed by atoms with E-state index in [0.717, 1.165) is 5.56 Å². The van der Waals surface area contributed by atoms with E-state index in [2.05, 4.69) is 6.58 Å². The van der Waals surface area contributed by atoms with Gasteiger partial charge in [-0.3, -0.25) is 4.79 Å². The molecule has 0 saturated heterocycles. The van der Waals surface area contributed by atoms with E-state index in [1.807, 2.05) is 12.1 Å². The van der Waals surface area contributed by atoms with Gasteiger partial charge < -0.3 is 19.1 Å². The zero-order chi connectivity index (χ0) is 19.1. The van der Waals surface area contributed by atoms with Crippen LogP contribution in [0.4, 0.5) is 0 Å². The number of nitrogens with zero attached hydrogens (tertiary/aromatic N) is 1. The van der Waals surface area contributed by atoms with Crippen LogP contribution in [0.2, 0.25) is 0 Å². The van der Waals surface area contributed by atoms with Crippen LogP contribution in [0.1, 0.15) is 12.5 Å². The lowest BCUT2D eigenvalue weighted by Gasteiger charge is -2.16. The topological polar surface area (TPSA) is 65.1 Å². The van der Waals surface area contributed by atoms with Crippen LogP contribution >= 0.6 is 0 Å². The average Bonchev–Trinajstić information content (AvgIpc) is 2.88. The second kappa shape index (κ2) is 9.01. The van der Waals surface area contributed by atoms with Crippen molar-refractivity contribution in [2.75, 3.05) is 34.0 Å². The number of ether oxygens (including phenoxy) is 3. The molecule has 0 atom stereocenters. The Kier molecular flexibility index (Phi) is 6.74. The third-order valence-corrected chi connectivity index (χ3v) is 3.98. The Hall–Kier alpha value is -2.86. The first-order chi connectivity index (χ1) is 12.5. The molecule has 6 nitrogen and oxygen atoms in total. The molecule has 26 heavy (non-hydrogen) atoms. The van der Waals surface area contributed by atoms with E-state index in [1.54, 1.807) is 38.3 Å². The molecule has 0 spiro atoms. The number of benzene rings is 1. The summed E-state index contributed by atoms with van der Waals surface area (Å²) in [5.41, 5.74) is 1.93. The van der Waals surface area contributed by atoms with E-state index < -0.39 is 5.97 Å². The molecule has 0 radical (unpaired) electrons. The van der Waals surface area contributed by atoms with Gasteiger partial charge in [0.25, 0.3) is 5.91 Å². The fourth-order valence-electron chi connectivity index (χ4n) is 2.66. The van der Waals surface area contributed by atoms with E-state index >= 15 is 0 Å². The molecule has 1 amide bonds. The van der Waals surface area contributed by atoms with Crippen molar-refractivity contribution in [2.45, 2.75) is 6.92 Å². The van der Waals surface area contributed by atoms with Crippen molar-refractivity contribution in [3.8, 4) is 5.75 Å². The molecule has 0 bridgehead atoms. The Morgan fingerprint density at radius 3 is 2.50 bits per heavy atom. The molecule has 6 heteroatoms. The van der Waals surface area contributed by atoms with Gasteiger partial charge in [0.15, 0.2) is 0 Å². The molecule has 138 valence electrons. The first-order valence-corrected chi connectivity index (χ1v) is 8.19. The molecule has 0 saturated carbocycles. The van der Waals surface area contributed by atoms with Crippen molar-refractivity contribution in [3.63, 3.8) is 0 Å². The van der Waals surface area contributed by atoms with Gasteiger partial charge in [0.1, 0.15) is 12.4 Å². The predicted octanol–water partition coefficient (Wildman–Crippen LogP) is 2.57. The molecule has 1 aliphatic rings. The fourth-order valence-corrected chi connectivity index (χ4v) is 2.66. The van der Waals surface area contributed by atoms with E-state index in [9.17, 15) is 9.59 Å². The monoisotopic (exact) mass is 357 g/mol. The normalized spacial score (nSPS) is 15.6. The first kappa shape index (κ1) is 19.5. The van der Waals surface area contributed by atoms with Gasteiger partial charge in [-0.1, -0.05) is 24.8 Å². The second-order valence-electron chi connectivity index (χ2n) is 5.63. The Balaban J connectivity index is 2.35. The summed E-state index contributed by atoms with van der Waals surface area (Å²) in [6.45, 7) is 6.49. The van der Waals surface area contributed by atoms with E-state index in [-0.39, 0.29) is 11.5 Å². The molecule has 1 aliphatic heterocycles. The average molecular weight is 357 g/mol. The molecule has 0 aliphatic carbocycles. The van der Waals surface area contributed by atoms with Gasteiger partial charge in [0, 0.05) is 19.4 Å². The Morgan fingerprint density at radius 2 is 1.92 bits per heavy atom. The zero-order valence-corrected chi connectivity index (χ0v) is 15.3. The summed E-state index contributed by atoms with van der Waals surface area (Å²) in [6.07, 6.45) is 3.35. The molecule has 1 aromatic rings. The fraction of sp³-hybridized carbons (Fsp3) is 0.300. The van der Waals surface area contributed by atoms with Gasteiger partial charge in [0.05, 0.1) is 24.9 Å². The maximum absolute atomic E-state index is 12.8. The third-order valence-electron chi connectivity index (χ3n) is 3.98. The number of carbonyl (C=O) groups excluding carboxylic acids is 2. The minimum atomic E-state index is -0.534. The number of allylic oxidation sites excluding steroid dienone is 1. The van der Waals surface area contributed by atoms with Gasteiger partial charge in [0.2, 0.25) is 0 Å². The van der Waals surface area contributed by atoms with Crippen LogP contribution in [0.3, 0.4) is 0 Å². The lowest BCUT2D eigenvalue weighted by atomic mass is 10.0. The smallest absolute Gasteiger partial charge is 0.340 e. The highest BCUT2D eigenvalue weighted by Gasteiger charge is 2.36. The van der Waals surface area contributed by atoms with Crippen molar-refractivity contribution in [2.24, 2.45) is 0 Å². The lowest BCUT2D eigenvalue weighted by molar-refractivity contribution is -0.136. The molecule has 2 rings (SSSR count). The predicted molar refractivity (Wildman–Crippen MR) is 98.4 cm³/mol. The van der Waals surface area contributed by atoms with Crippen LogP contribution in [-0.2, 0) is 19.1 Å². The summed E-state index contributed by atoms with van der Waals surface area (Å²) >= 11 is 0. The third kappa shape index (κ3) is 4.21. The van der Waals surface area contributed by atoms with Gasteiger partial charge >= 0.3 is 5.97 Å². The van der Waals surface area contributed by atoms with Gasteiger partial charge in [-0.2, -0.15) is 0 Å². The molecule has 0 aromatic heterocycles. The number of carbonyl (C=O) groups is 2. The summed E-state index contributed by atoms with van der Waals surface area (Å²) in [6, 6.07) is 7.24. The molecular weight excluding hydrogens is 334 g/mol. The maximum Gasteiger partial charge on any atom is 0.340 e. The number of hydrogen-bond donors (Lipinski definition) is 0. The number of methoxy groups -OCH3 is 2. The highest BCUT2D eigenvalue weighted by atomic mass is 16.5. The minimum Gasteiger partial charge on any atom is -0.490 e. The van der Waals surface area contributed by atoms with Crippen molar-refractivity contribution in [1.29, 1.82) is 0 Å². The molecular formula is C20H23NO5. The molecule has 0 N–H and O–H groups in total. The molecule has 1 aromatic carbocycles. The van der Waals surface area contributed by atoms with Crippen LogP contribution in [0.15, 0.2) is 53.8 Å². The Morgan fingerprint density at radius 1 is 1.23 bits per heavy atom.